The monoisotopic (exact) mass is 286 g/mol. The molecule has 1 heterocycles. The fraction of sp³-hybridized carbons (Fsp3) is 0.583. The van der Waals surface area contributed by atoms with Gasteiger partial charge >= 0.3 is 0 Å². The third-order valence-corrected chi connectivity index (χ3v) is 2.84. The third-order valence-electron chi connectivity index (χ3n) is 2.37. The lowest BCUT2D eigenvalue weighted by Gasteiger charge is -2.22. The molecule has 4 heteroatoms. The van der Waals surface area contributed by atoms with E-state index in [-0.39, 0.29) is 0 Å². The van der Waals surface area contributed by atoms with Gasteiger partial charge in [-0.05, 0) is 40.9 Å². The molecule has 16 heavy (non-hydrogen) atoms. The van der Waals surface area contributed by atoms with Crippen molar-refractivity contribution in [3.63, 3.8) is 0 Å². The van der Waals surface area contributed by atoms with Crippen molar-refractivity contribution in [2.75, 3.05) is 18.5 Å². The van der Waals surface area contributed by atoms with Crippen LogP contribution in [0.15, 0.2) is 22.8 Å². The summed E-state index contributed by atoms with van der Waals surface area (Å²) in [5, 5.41) is 3.38. The van der Waals surface area contributed by atoms with Gasteiger partial charge in [-0.3, -0.25) is 0 Å². The first-order valence-corrected chi connectivity index (χ1v) is 6.38. The number of hydrogen-bond donors (Lipinski definition) is 1. The summed E-state index contributed by atoms with van der Waals surface area (Å²) in [6.07, 6.45) is 1.79. The second-order valence-electron chi connectivity index (χ2n) is 4.02. The highest BCUT2D eigenvalue weighted by Gasteiger charge is 2.13. The molecule has 0 aromatic carbocycles. The Kier molecular flexibility index (Phi) is 5.77. The molecule has 0 radical (unpaired) electrons. The molecule has 0 fully saturated rings. The summed E-state index contributed by atoms with van der Waals surface area (Å²) in [7, 11) is 0. The Hall–Kier alpha value is -0.610. The molecule has 0 aliphatic heterocycles. The standard InChI is InChI=1S/C12H19BrN2O/c1-4-16-8-11(9(2)3)15-12-6-5-10(13)7-14-12/h5-7,9,11H,4,8H2,1-3H3,(H,14,15). The fourth-order valence-electron chi connectivity index (χ4n) is 1.30. The maximum atomic E-state index is 5.45. The van der Waals surface area contributed by atoms with Crippen LogP contribution in [0.5, 0.6) is 0 Å². The minimum atomic E-state index is 0.300. The van der Waals surface area contributed by atoms with E-state index >= 15 is 0 Å². The summed E-state index contributed by atoms with van der Waals surface area (Å²) >= 11 is 3.37. The molecule has 0 bridgehead atoms. The first kappa shape index (κ1) is 13.5. The molecule has 1 atom stereocenters. The average Bonchev–Trinajstić information content (AvgIpc) is 2.26. The molecule has 1 unspecified atom stereocenters. The van der Waals surface area contributed by atoms with Crippen LogP contribution in [-0.2, 0) is 4.74 Å². The predicted octanol–water partition coefficient (Wildman–Crippen LogP) is 3.32. The van der Waals surface area contributed by atoms with Crippen molar-refractivity contribution in [1.82, 2.24) is 4.98 Å². The van der Waals surface area contributed by atoms with Gasteiger partial charge in [-0.25, -0.2) is 4.98 Å². The lowest BCUT2D eigenvalue weighted by molar-refractivity contribution is 0.126. The Morgan fingerprint density at radius 1 is 1.44 bits per heavy atom. The normalized spacial score (nSPS) is 12.8. The number of ether oxygens (including phenoxy) is 1. The SMILES string of the molecule is CCOCC(Nc1ccc(Br)cn1)C(C)C. The Balaban J connectivity index is 2.57. The number of hydrogen-bond acceptors (Lipinski definition) is 3. The lowest BCUT2D eigenvalue weighted by Crippen LogP contribution is -2.31. The van der Waals surface area contributed by atoms with Gasteiger partial charge in [0, 0.05) is 17.3 Å². The predicted molar refractivity (Wildman–Crippen MR) is 70.7 cm³/mol. The minimum absolute atomic E-state index is 0.300. The summed E-state index contributed by atoms with van der Waals surface area (Å²) < 4.78 is 6.44. The minimum Gasteiger partial charge on any atom is -0.380 e. The molecule has 0 saturated heterocycles. The zero-order chi connectivity index (χ0) is 12.0. The van der Waals surface area contributed by atoms with Gasteiger partial charge in [-0.1, -0.05) is 13.8 Å². The molecule has 3 nitrogen and oxygen atoms in total. The van der Waals surface area contributed by atoms with Gasteiger partial charge in [0.25, 0.3) is 0 Å². The van der Waals surface area contributed by atoms with E-state index in [1.165, 1.54) is 0 Å². The van der Waals surface area contributed by atoms with Crippen LogP contribution >= 0.6 is 15.9 Å². The zero-order valence-corrected chi connectivity index (χ0v) is 11.6. The highest BCUT2D eigenvalue weighted by molar-refractivity contribution is 9.10. The Labute approximate surface area is 106 Å². The van der Waals surface area contributed by atoms with E-state index in [9.17, 15) is 0 Å². The van der Waals surface area contributed by atoms with E-state index in [4.69, 9.17) is 4.74 Å². The topological polar surface area (TPSA) is 34.1 Å². The van der Waals surface area contributed by atoms with Gasteiger partial charge in [-0.2, -0.15) is 0 Å². The van der Waals surface area contributed by atoms with Crippen LogP contribution in [-0.4, -0.2) is 24.2 Å². The smallest absolute Gasteiger partial charge is 0.126 e. The van der Waals surface area contributed by atoms with Gasteiger partial charge < -0.3 is 10.1 Å². The van der Waals surface area contributed by atoms with Crippen LogP contribution < -0.4 is 5.32 Å². The number of anilines is 1. The van der Waals surface area contributed by atoms with E-state index in [0.717, 1.165) is 16.9 Å². The number of nitrogens with zero attached hydrogens (tertiary/aromatic N) is 1. The summed E-state index contributed by atoms with van der Waals surface area (Å²) in [6.45, 7) is 7.82. The maximum absolute atomic E-state index is 5.45. The van der Waals surface area contributed by atoms with E-state index in [0.29, 0.717) is 18.6 Å². The van der Waals surface area contributed by atoms with Gasteiger partial charge in [0.1, 0.15) is 5.82 Å². The molecule has 0 saturated carbocycles. The van der Waals surface area contributed by atoms with Crippen molar-refractivity contribution in [3.05, 3.63) is 22.8 Å². The molecular formula is C12H19BrN2O. The van der Waals surface area contributed by atoms with E-state index < -0.39 is 0 Å². The molecule has 90 valence electrons. The Morgan fingerprint density at radius 2 is 2.19 bits per heavy atom. The van der Waals surface area contributed by atoms with Gasteiger partial charge in [0.2, 0.25) is 0 Å². The second kappa shape index (κ2) is 6.86. The van der Waals surface area contributed by atoms with Crippen LogP contribution in [0, 0.1) is 5.92 Å². The second-order valence-corrected chi connectivity index (χ2v) is 4.93. The number of aromatic nitrogens is 1. The number of nitrogens with one attached hydrogen (secondary N) is 1. The molecular weight excluding hydrogens is 268 g/mol. The summed E-state index contributed by atoms with van der Waals surface area (Å²) in [4.78, 5) is 4.30. The van der Waals surface area contributed by atoms with Crippen molar-refractivity contribution < 1.29 is 4.74 Å². The van der Waals surface area contributed by atoms with Crippen LogP contribution in [0.4, 0.5) is 5.82 Å². The van der Waals surface area contributed by atoms with E-state index in [2.05, 4.69) is 40.1 Å². The summed E-state index contributed by atoms with van der Waals surface area (Å²) in [5.41, 5.74) is 0. The Morgan fingerprint density at radius 3 is 2.69 bits per heavy atom. The van der Waals surface area contributed by atoms with Crippen molar-refractivity contribution in [2.24, 2.45) is 5.92 Å². The zero-order valence-electron chi connectivity index (χ0n) is 10.0. The highest BCUT2D eigenvalue weighted by atomic mass is 79.9. The van der Waals surface area contributed by atoms with Crippen molar-refractivity contribution >= 4 is 21.7 Å². The quantitative estimate of drug-likeness (QED) is 0.871. The van der Waals surface area contributed by atoms with E-state index in [1.54, 1.807) is 6.20 Å². The van der Waals surface area contributed by atoms with E-state index in [1.807, 2.05) is 19.1 Å². The van der Waals surface area contributed by atoms with Crippen molar-refractivity contribution in [2.45, 2.75) is 26.8 Å². The fourth-order valence-corrected chi connectivity index (χ4v) is 1.53. The number of rotatable bonds is 6. The molecule has 0 aliphatic rings. The van der Waals surface area contributed by atoms with Crippen LogP contribution in [0.3, 0.4) is 0 Å². The highest BCUT2D eigenvalue weighted by Crippen LogP contribution is 2.14. The van der Waals surface area contributed by atoms with Crippen LogP contribution in [0.25, 0.3) is 0 Å². The molecule has 1 N–H and O–H groups in total. The average molecular weight is 287 g/mol. The van der Waals surface area contributed by atoms with Gasteiger partial charge in [-0.15, -0.1) is 0 Å². The largest absolute Gasteiger partial charge is 0.380 e. The molecule has 1 aromatic rings. The number of pyridine rings is 1. The van der Waals surface area contributed by atoms with Crippen molar-refractivity contribution in [3.8, 4) is 0 Å². The molecule has 1 rings (SSSR count). The molecule has 1 aromatic heterocycles. The molecule has 0 aliphatic carbocycles. The van der Waals surface area contributed by atoms with Crippen LogP contribution in [0.2, 0.25) is 0 Å². The Bertz CT molecular complexity index is 300. The maximum Gasteiger partial charge on any atom is 0.126 e. The first-order chi connectivity index (χ1) is 7.63. The lowest BCUT2D eigenvalue weighted by atomic mass is 10.1. The summed E-state index contributed by atoms with van der Waals surface area (Å²) in [6, 6.07) is 4.24. The van der Waals surface area contributed by atoms with Crippen molar-refractivity contribution in [1.29, 1.82) is 0 Å². The van der Waals surface area contributed by atoms with Gasteiger partial charge in [0.15, 0.2) is 0 Å². The number of halogens is 1. The third kappa shape index (κ3) is 4.49. The van der Waals surface area contributed by atoms with Crippen LogP contribution in [0.1, 0.15) is 20.8 Å². The summed E-state index contributed by atoms with van der Waals surface area (Å²) in [5.74, 6) is 1.40. The van der Waals surface area contributed by atoms with Gasteiger partial charge in [0.05, 0.1) is 12.6 Å². The molecule has 0 amide bonds. The first-order valence-electron chi connectivity index (χ1n) is 5.59. The molecule has 0 spiro atoms.